The highest BCUT2D eigenvalue weighted by Gasteiger charge is 2.26. The molecular formula is C29H41F2N7O3. The van der Waals surface area contributed by atoms with Crippen molar-refractivity contribution < 1.29 is 23.0 Å². The molecule has 12 heteroatoms. The first kappa shape index (κ1) is 30.6. The van der Waals surface area contributed by atoms with Crippen molar-refractivity contribution in [1.82, 2.24) is 30.2 Å². The summed E-state index contributed by atoms with van der Waals surface area (Å²) in [7, 11) is 0. The van der Waals surface area contributed by atoms with Gasteiger partial charge in [0, 0.05) is 55.5 Å². The maximum atomic E-state index is 14.7. The van der Waals surface area contributed by atoms with Gasteiger partial charge < -0.3 is 30.0 Å². The lowest BCUT2D eigenvalue weighted by Gasteiger charge is -2.32. The van der Waals surface area contributed by atoms with E-state index in [-0.39, 0.29) is 29.8 Å². The number of halogens is 2. The highest BCUT2D eigenvalue weighted by Crippen LogP contribution is 2.28. The van der Waals surface area contributed by atoms with E-state index in [1.807, 2.05) is 18.7 Å². The quantitative estimate of drug-likeness (QED) is 0.212. The Hall–Kier alpha value is -3.38. The molecule has 2 amide bonds. The molecule has 10 nitrogen and oxygen atoms in total. The van der Waals surface area contributed by atoms with E-state index >= 15 is 0 Å². The van der Waals surface area contributed by atoms with Gasteiger partial charge in [0.2, 0.25) is 0 Å². The Kier molecular flexibility index (Phi) is 11.6. The molecule has 3 aromatic rings. The Morgan fingerprint density at radius 1 is 1.07 bits per heavy atom. The van der Waals surface area contributed by atoms with E-state index in [0.29, 0.717) is 62.5 Å². The first-order chi connectivity index (χ1) is 20.0. The number of hydrogen-bond acceptors (Lipinski definition) is 7. The molecule has 0 unspecified atom stereocenters. The second-order valence-electron chi connectivity index (χ2n) is 10.2. The van der Waals surface area contributed by atoms with Crippen LogP contribution in [-0.2, 0) is 9.47 Å². The number of urea groups is 1. The molecule has 1 fully saturated rings. The molecule has 0 spiro atoms. The standard InChI is InChI=1S/C29H41F2N7O3/c1-3-38(11-6-5-7-12-41-14-13-40-4-2)29(39)36-22-10-8-9-21(16-22)35-28-25(31)19-34-27(37-28)24-18-33-26-23(24)15-20(30)17-32-26/h15,17-19,21-22H,3-14,16H2,1-2H3,(H,32,33)(H,36,39)(H,34,35,37)/t21-,22+/m1/s1. The van der Waals surface area contributed by atoms with Crippen LogP contribution in [0.5, 0.6) is 0 Å². The van der Waals surface area contributed by atoms with Gasteiger partial charge in [0.05, 0.1) is 25.6 Å². The number of anilines is 1. The Bertz CT molecular complexity index is 1260. The molecule has 3 heterocycles. The predicted octanol–water partition coefficient (Wildman–Crippen LogP) is 5.28. The summed E-state index contributed by atoms with van der Waals surface area (Å²) >= 11 is 0. The monoisotopic (exact) mass is 573 g/mol. The number of carbonyl (C=O) groups excluding carboxylic acids is 1. The minimum atomic E-state index is -0.569. The summed E-state index contributed by atoms with van der Waals surface area (Å²) in [6.07, 6.45) is 9.99. The number of aromatic amines is 1. The van der Waals surface area contributed by atoms with Crippen LogP contribution in [0.3, 0.4) is 0 Å². The fourth-order valence-corrected chi connectivity index (χ4v) is 5.12. The van der Waals surface area contributed by atoms with Crippen molar-refractivity contribution in [3.63, 3.8) is 0 Å². The van der Waals surface area contributed by atoms with Crippen LogP contribution in [0.25, 0.3) is 22.4 Å². The van der Waals surface area contributed by atoms with Crippen LogP contribution in [0.15, 0.2) is 24.7 Å². The first-order valence-electron chi connectivity index (χ1n) is 14.6. The Morgan fingerprint density at radius 3 is 2.73 bits per heavy atom. The molecule has 41 heavy (non-hydrogen) atoms. The molecule has 1 saturated carbocycles. The number of hydrogen-bond donors (Lipinski definition) is 3. The van der Waals surface area contributed by atoms with E-state index in [1.54, 1.807) is 6.20 Å². The molecule has 0 saturated heterocycles. The van der Waals surface area contributed by atoms with Gasteiger partial charge in [-0.25, -0.2) is 28.5 Å². The lowest BCUT2D eigenvalue weighted by molar-refractivity contribution is 0.0511. The van der Waals surface area contributed by atoms with Gasteiger partial charge >= 0.3 is 6.03 Å². The number of aromatic nitrogens is 4. The average Bonchev–Trinajstić information content (AvgIpc) is 3.38. The topological polar surface area (TPSA) is 117 Å². The third-order valence-corrected chi connectivity index (χ3v) is 7.29. The van der Waals surface area contributed by atoms with E-state index in [2.05, 4.69) is 30.6 Å². The van der Waals surface area contributed by atoms with Crippen LogP contribution in [-0.4, -0.2) is 82.5 Å². The van der Waals surface area contributed by atoms with Crippen molar-refractivity contribution in [3.05, 3.63) is 36.3 Å². The van der Waals surface area contributed by atoms with Gasteiger partial charge in [-0.15, -0.1) is 0 Å². The number of carbonyl (C=O) groups is 1. The van der Waals surface area contributed by atoms with Gasteiger partial charge in [-0.05, 0) is 64.9 Å². The van der Waals surface area contributed by atoms with E-state index in [0.717, 1.165) is 50.9 Å². The van der Waals surface area contributed by atoms with Gasteiger partial charge in [-0.1, -0.05) is 0 Å². The van der Waals surface area contributed by atoms with Crippen LogP contribution >= 0.6 is 0 Å². The maximum absolute atomic E-state index is 14.7. The normalized spacial score (nSPS) is 17.1. The third-order valence-electron chi connectivity index (χ3n) is 7.29. The fraction of sp³-hybridized carbons (Fsp3) is 0.586. The molecule has 0 bridgehead atoms. The zero-order valence-corrected chi connectivity index (χ0v) is 23.9. The maximum Gasteiger partial charge on any atom is 0.317 e. The van der Waals surface area contributed by atoms with Gasteiger partial charge in [0.15, 0.2) is 17.5 Å². The third kappa shape index (κ3) is 8.80. The summed E-state index contributed by atoms with van der Waals surface area (Å²) < 4.78 is 39.3. The summed E-state index contributed by atoms with van der Waals surface area (Å²) in [6.45, 7) is 7.91. The lowest BCUT2D eigenvalue weighted by atomic mass is 9.91. The second-order valence-corrected chi connectivity index (χ2v) is 10.2. The Balaban J connectivity index is 1.26. The fourth-order valence-electron chi connectivity index (χ4n) is 5.12. The smallest absolute Gasteiger partial charge is 0.317 e. The highest BCUT2D eigenvalue weighted by atomic mass is 19.1. The molecule has 4 rings (SSSR count). The summed E-state index contributed by atoms with van der Waals surface area (Å²) in [5.41, 5.74) is 1.04. The van der Waals surface area contributed by atoms with Crippen LogP contribution in [0, 0.1) is 11.6 Å². The van der Waals surface area contributed by atoms with E-state index in [1.165, 1.54) is 6.07 Å². The van der Waals surface area contributed by atoms with Crippen molar-refractivity contribution in [2.75, 3.05) is 44.8 Å². The van der Waals surface area contributed by atoms with Gasteiger partial charge in [0.1, 0.15) is 11.5 Å². The molecule has 224 valence electrons. The molecule has 0 radical (unpaired) electrons. The number of nitrogens with zero attached hydrogens (tertiary/aromatic N) is 4. The highest BCUT2D eigenvalue weighted by molar-refractivity contribution is 5.91. The summed E-state index contributed by atoms with van der Waals surface area (Å²) in [6, 6.07) is 1.20. The van der Waals surface area contributed by atoms with Crippen LogP contribution in [0.1, 0.15) is 58.8 Å². The van der Waals surface area contributed by atoms with E-state index < -0.39 is 11.6 Å². The number of pyridine rings is 1. The average molecular weight is 574 g/mol. The Morgan fingerprint density at radius 2 is 1.90 bits per heavy atom. The predicted molar refractivity (Wildman–Crippen MR) is 154 cm³/mol. The van der Waals surface area contributed by atoms with Crippen LogP contribution in [0.2, 0.25) is 0 Å². The number of unbranched alkanes of at least 4 members (excludes halogenated alkanes) is 2. The number of nitrogens with one attached hydrogen (secondary N) is 3. The molecule has 0 aliphatic heterocycles. The van der Waals surface area contributed by atoms with Crippen LogP contribution in [0.4, 0.5) is 19.4 Å². The number of amides is 2. The molecule has 0 aromatic carbocycles. The van der Waals surface area contributed by atoms with Crippen molar-refractivity contribution in [1.29, 1.82) is 0 Å². The number of ether oxygens (including phenoxy) is 2. The summed E-state index contributed by atoms with van der Waals surface area (Å²) in [5, 5.41) is 6.91. The number of fused-ring (bicyclic) bond motifs is 1. The second kappa shape index (κ2) is 15.6. The SMILES string of the molecule is CCOCCOCCCCCN(CC)C(=O)N[C@H]1CCC[C@@H](Nc2nc(-c3c[nH]c4ncc(F)cc34)ncc2F)C1. The van der Waals surface area contributed by atoms with Crippen molar-refractivity contribution >= 4 is 22.9 Å². The van der Waals surface area contributed by atoms with Crippen molar-refractivity contribution in [3.8, 4) is 11.4 Å². The largest absolute Gasteiger partial charge is 0.379 e. The van der Waals surface area contributed by atoms with Crippen molar-refractivity contribution in [2.24, 2.45) is 0 Å². The summed E-state index contributed by atoms with van der Waals surface area (Å²) in [5.74, 6) is -0.693. The molecule has 1 aliphatic carbocycles. The van der Waals surface area contributed by atoms with Gasteiger partial charge in [-0.3, -0.25) is 0 Å². The minimum absolute atomic E-state index is 0.0198. The van der Waals surface area contributed by atoms with Gasteiger partial charge in [-0.2, -0.15) is 0 Å². The van der Waals surface area contributed by atoms with Crippen LogP contribution < -0.4 is 10.6 Å². The van der Waals surface area contributed by atoms with E-state index in [4.69, 9.17) is 9.47 Å². The van der Waals surface area contributed by atoms with Gasteiger partial charge in [0.25, 0.3) is 0 Å². The zero-order valence-electron chi connectivity index (χ0n) is 23.9. The minimum Gasteiger partial charge on any atom is -0.379 e. The summed E-state index contributed by atoms with van der Waals surface area (Å²) in [4.78, 5) is 30.3. The molecular weight excluding hydrogens is 532 g/mol. The number of rotatable bonds is 15. The number of H-pyrrole nitrogens is 1. The molecule has 3 N–H and O–H groups in total. The molecule has 2 atom stereocenters. The lowest BCUT2D eigenvalue weighted by Crippen LogP contribution is -2.48. The molecule has 3 aromatic heterocycles. The zero-order chi connectivity index (χ0) is 29.0. The van der Waals surface area contributed by atoms with E-state index in [9.17, 15) is 13.6 Å². The van der Waals surface area contributed by atoms with Crippen molar-refractivity contribution in [2.45, 2.75) is 70.9 Å². The first-order valence-corrected chi connectivity index (χ1v) is 14.6. The molecule has 1 aliphatic rings. The Labute approximate surface area is 239 Å².